The van der Waals surface area contributed by atoms with Crippen molar-refractivity contribution in [2.24, 2.45) is 0 Å². The summed E-state index contributed by atoms with van der Waals surface area (Å²) >= 11 is 2.59. The van der Waals surface area contributed by atoms with Gasteiger partial charge < -0.3 is 4.74 Å². The molecule has 2 aliphatic rings. The molecule has 2 saturated carbocycles. The SMILES string of the molecule is IC1CCCCC1OC1CCCCC1. The van der Waals surface area contributed by atoms with Crippen LogP contribution in [0.4, 0.5) is 0 Å². The fourth-order valence-electron chi connectivity index (χ4n) is 2.65. The molecule has 0 heterocycles. The van der Waals surface area contributed by atoms with Gasteiger partial charge in [-0.15, -0.1) is 0 Å². The summed E-state index contributed by atoms with van der Waals surface area (Å²) in [5.74, 6) is 0. The topological polar surface area (TPSA) is 9.23 Å². The first-order valence-electron chi connectivity index (χ1n) is 6.16. The molecular weight excluding hydrogens is 287 g/mol. The van der Waals surface area contributed by atoms with Crippen molar-refractivity contribution >= 4 is 22.6 Å². The minimum absolute atomic E-state index is 0.576. The van der Waals surface area contributed by atoms with Gasteiger partial charge in [0.2, 0.25) is 0 Å². The van der Waals surface area contributed by atoms with Crippen LogP contribution in [0.2, 0.25) is 0 Å². The predicted molar refractivity (Wildman–Crippen MR) is 68.0 cm³/mol. The van der Waals surface area contributed by atoms with E-state index in [0.29, 0.717) is 12.2 Å². The normalized spacial score (nSPS) is 35.8. The Morgan fingerprint density at radius 2 is 1.43 bits per heavy atom. The quantitative estimate of drug-likeness (QED) is 0.552. The zero-order valence-corrected chi connectivity index (χ0v) is 11.0. The van der Waals surface area contributed by atoms with Gasteiger partial charge in [-0.1, -0.05) is 54.7 Å². The van der Waals surface area contributed by atoms with E-state index in [0.717, 1.165) is 3.92 Å². The highest BCUT2D eigenvalue weighted by atomic mass is 127. The molecule has 0 spiro atoms. The van der Waals surface area contributed by atoms with Crippen LogP contribution in [0.15, 0.2) is 0 Å². The molecule has 0 aromatic heterocycles. The highest BCUT2D eigenvalue weighted by molar-refractivity contribution is 14.1. The molecule has 2 unspecified atom stereocenters. The predicted octanol–water partition coefficient (Wildman–Crippen LogP) is 4.08. The molecule has 2 aliphatic carbocycles. The number of halogens is 1. The number of hydrogen-bond donors (Lipinski definition) is 0. The third-order valence-corrected chi connectivity index (χ3v) is 4.97. The Labute approximate surface area is 101 Å². The average molecular weight is 308 g/mol. The second-order valence-corrected chi connectivity index (χ2v) is 6.33. The molecule has 0 aromatic carbocycles. The summed E-state index contributed by atoms with van der Waals surface area (Å²) in [4.78, 5) is 0. The van der Waals surface area contributed by atoms with Crippen LogP contribution >= 0.6 is 22.6 Å². The number of rotatable bonds is 2. The van der Waals surface area contributed by atoms with Gasteiger partial charge in [0.25, 0.3) is 0 Å². The van der Waals surface area contributed by atoms with Gasteiger partial charge in [-0.3, -0.25) is 0 Å². The van der Waals surface area contributed by atoms with Crippen LogP contribution in [0.25, 0.3) is 0 Å². The van der Waals surface area contributed by atoms with E-state index in [1.807, 2.05) is 0 Å². The molecule has 0 bridgehead atoms. The van der Waals surface area contributed by atoms with Crippen molar-refractivity contribution in [3.8, 4) is 0 Å². The van der Waals surface area contributed by atoms with E-state index in [-0.39, 0.29) is 0 Å². The standard InChI is InChI=1S/C12H21IO/c13-11-8-4-5-9-12(11)14-10-6-2-1-3-7-10/h10-12H,1-9H2. The van der Waals surface area contributed by atoms with Gasteiger partial charge in [0.15, 0.2) is 0 Å². The van der Waals surface area contributed by atoms with E-state index in [9.17, 15) is 0 Å². The molecule has 0 N–H and O–H groups in total. The molecule has 2 heteroatoms. The van der Waals surface area contributed by atoms with E-state index in [1.165, 1.54) is 57.8 Å². The minimum Gasteiger partial charge on any atom is -0.374 e. The van der Waals surface area contributed by atoms with Crippen molar-refractivity contribution in [1.82, 2.24) is 0 Å². The lowest BCUT2D eigenvalue weighted by atomic mass is 9.95. The Kier molecular flexibility index (Phi) is 4.54. The molecule has 0 saturated heterocycles. The Morgan fingerprint density at radius 3 is 2.14 bits per heavy atom. The van der Waals surface area contributed by atoms with Gasteiger partial charge in [0.1, 0.15) is 0 Å². The lowest BCUT2D eigenvalue weighted by Gasteiger charge is -2.33. The molecule has 0 amide bonds. The molecular formula is C12H21IO. The van der Waals surface area contributed by atoms with Crippen LogP contribution in [0, 0.1) is 0 Å². The van der Waals surface area contributed by atoms with Gasteiger partial charge in [-0.25, -0.2) is 0 Å². The van der Waals surface area contributed by atoms with Crippen LogP contribution in [0.5, 0.6) is 0 Å². The number of hydrogen-bond acceptors (Lipinski definition) is 1. The van der Waals surface area contributed by atoms with Crippen molar-refractivity contribution < 1.29 is 4.74 Å². The third kappa shape index (κ3) is 3.09. The van der Waals surface area contributed by atoms with Gasteiger partial charge >= 0.3 is 0 Å². The highest BCUT2D eigenvalue weighted by Crippen LogP contribution is 2.31. The Balaban J connectivity index is 1.76. The van der Waals surface area contributed by atoms with E-state index < -0.39 is 0 Å². The van der Waals surface area contributed by atoms with Gasteiger partial charge in [-0.2, -0.15) is 0 Å². The molecule has 82 valence electrons. The smallest absolute Gasteiger partial charge is 0.0696 e. The van der Waals surface area contributed by atoms with E-state index in [2.05, 4.69) is 22.6 Å². The molecule has 0 aliphatic heterocycles. The van der Waals surface area contributed by atoms with Crippen LogP contribution in [-0.2, 0) is 4.74 Å². The molecule has 2 rings (SSSR count). The summed E-state index contributed by atoms with van der Waals surface area (Å²) in [5, 5.41) is 0. The molecule has 0 radical (unpaired) electrons. The largest absolute Gasteiger partial charge is 0.374 e. The van der Waals surface area contributed by atoms with Crippen molar-refractivity contribution in [2.75, 3.05) is 0 Å². The molecule has 14 heavy (non-hydrogen) atoms. The van der Waals surface area contributed by atoms with E-state index >= 15 is 0 Å². The first-order chi connectivity index (χ1) is 6.86. The van der Waals surface area contributed by atoms with Crippen molar-refractivity contribution in [1.29, 1.82) is 0 Å². The maximum atomic E-state index is 6.24. The van der Waals surface area contributed by atoms with Crippen molar-refractivity contribution in [2.45, 2.75) is 73.9 Å². The van der Waals surface area contributed by atoms with Crippen LogP contribution in [-0.4, -0.2) is 16.1 Å². The summed E-state index contributed by atoms with van der Waals surface area (Å²) in [7, 11) is 0. The maximum absolute atomic E-state index is 6.24. The lowest BCUT2D eigenvalue weighted by molar-refractivity contribution is -0.0394. The number of ether oxygens (including phenoxy) is 1. The van der Waals surface area contributed by atoms with Crippen LogP contribution < -0.4 is 0 Å². The lowest BCUT2D eigenvalue weighted by Crippen LogP contribution is -2.33. The Bertz CT molecular complexity index is 166. The third-order valence-electron chi connectivity index (χ3n) is 3.54. The Hall–Kier alpha value is 0.690. The molecule has 0 aromatic rings. The molecule has 2 fully saturated rings. The first-order valence-corrected chi connectivity index (χ1v) is 7.40. The fourth-order valence-corrected chi connectivity index (χ4v) is 3.62. The molecule has 2 atom stereocenters. The first kappa shape index (κ1) is 11.2. The van der Waals surface area contributed by atoms with E-state index in [4.69, 9.17) is 4.74 Å². The summed E-state index contributed by atoms with van der Waals surface area (Å²) in [5.41, 5.74) is 0. The molecule has 1 nitrogen and oxygen atoms in total. The average Bonchev–Trinajstić information content (AvgIpc) is 2.23. The number of alkyl halides is 1. The summed E-state index contributed by atoms with van der Waals surface area (Å²) < 4.78 is 7.02. The fraction of sp³-hybridized carbons (Fsp3) is 1.00. The summed E-state index contributed by atoms with van der Waals surface area (Å²) in [6, 6.07) is 0. The van der Waals surface area contributed by atoms with Gasteiger partial charge in [-0.05, 0) is 25.7 Å². The monoisotopic (exact) mass is 308 g/mol. The summed E-state index contributed by atoms with van der Waals surface area (Å²) in [6.45, 7) is 0. The minimum atomic E-state index is 0.576. The van der Waals surface area contributed by atoms with E-state index in [1.54, 1.807) is 0 Å². The highest BCUT2D eigenvalue weighted by Gasteiger charge is 2.26. The van der Waals surface area contributed by atoms with Crippen LogP contribution in [0.1, 0.15) is 57.8 Å². The second-order valence-electron chi connectivity index (χ2n) is 4.74. The van der Waals surface area contributed by atoms with Gasteiger partial charge in [0.05, 0.1) is 12.2 Å². The maximum Gasteiger partial charge on any atom is 0.0696 e. The summed E-state index contributed by atoms with van der Waals surface area (Å²) in [6.07, 6.45) is 13.5. The van der Waals surface area contributed by atoms with Crippen molar-refractivity contribution in [3.63, 3.8) is 0 Å². The Morgan fingerprint density at radius 1 is 0.786 bits per heavy atom. The zero-order chi connectivity index (χ0) is 9.80. The van der Waals surface area contributed by atoms with Gasteiger partial charge in [0, 0.05) is 3.92 Å². The van der Waals surface area contributed by atoms with Crippen molar-refractivity contribution in [3.05, 3.63) is 0 Å². The zero-order valence-electron chi connectivity index (χ0n) is 8.88. The second kappa shape index (κ2) is 5.69. The van der Waals surface area contributed by atoms with Crippen LogP contribution in [0.3, 0.4) is 0 Å².